The summed E-state index contributed by atoms with van der Waals surface area (Å²) in [6, 6.07) is 19.2. The Morgan fingerprint density at radius 3 is 2.26 bits per heavy atom. The average molecular weight is 537 g/mol. The molecule has 1 saturated heterocycles. The molecule has 0 aliphatic carbocycles. The van der Waals surface area contributed by atoms with Crippen molar-refractivity contribution in [2.24, 2.45) is 10.9 Å². The summed E-state index contributed by atoms with van der Waals surface area (Å²) in [5, 5.41) is 21.6. The molecule has 0 saturated carbocycles. The van der Waals surface area contributed by atoms with Gasteiger partial charge in [0.05, 0.1) is 4.90 Å². The largest absolute Gasteiger partial charge is 0.423 e. The second kappa shape index (κ2) is 11.0. The van der Waals surface area contributed by atoms with Crippen molar-refractivity contribution >= 4 is 33.5 Å². The second-order valence-electron chi connectivity index (χ2n) is 8.83. The number of nitrogen functional groups attached to an aromatic ring is 1. The smallest absolute Gasteiger partial charge is 0.413 e. The Balaban J connectivity index is 1.47. The third kappa shape index (κ3) is 6.35. The fourth-order valence-corrected chi connectivity index (χ4v) is 4.96. The molecule has 38 heavy (non-hydrogen) atoms. The summed E-state index contributed by atoms with van der Waals surface area (Å²) >= 11 is 0. The first kappa shape index (κ1) is 26.8. The number of benzene rings is 3. The van der Waals surface area contributed by atoms with Gasteiger partial charge in [-0.3, -0.25) is 15.5 Å². The maximum absolute atomic E-state index is 13.0. The summed E-state index contributed by atoms with van der Waals surface area (Å²) in [6.45, 7) is 1.05. The number of amides is 2. The predicted octanol–water partition coefficient (Wildman–Crippen LogP) is 2.34. The molecule has 2 amide bonds. The van der Waals surface area contributed by atoms with Gasteiger partial charge in [0.1, 0.15) is 5.84 Å². The molecule has 3 aromatic rings. The Morgan fingerprint density at radius 2 is 1.61 bits per heavy atom. The van der Waals surface area contributed by atoms with Crippen LogP contribution >= 0.6 is 0 Å². The number of hydrogen-bond donors (Lipinski definition) is 6. The van der Waals surface area contributed by atoms with E-state index < -0.39 is 27.7 Å². The number of carbonyl (C=O) groups excluding carboxylic acids is 2. The molecule has 198 valence electrons. The highest BCUT2D eigenvalue weighted by Gasteiger charge is 2.38. The number of primary sulfonamides is 1. The minimum Gasteiger partial charge on any atom is -0.423 e. The lowest BCUT2D eigenvalue weighted by atomic mass is 10.0. The molecule has 0 spiro atoms. The molecule has 0 radical (unpaired) electrons. The van der Waals surface area contributed by atoms with Crippen LogP contribution in [-0.2, 0) is 14.8 Å². The molecule has 4 rings (SSSR count). The maximum Gasteiger partial charge on any atom is 0.413 e. The predicted molar refractivity (Wildman–Crippen MR) is 143 cm³/mol. The third-order valence-electron chi connectivity index (χ3n) is 6.11. The lowest BCUT2D eigenvalue weighted by molar-refractivity contribution is -0.0261. The third-order valence-corrected chi connectivity index (χ3v) is 7.08. The van der Waals surface area contributed by atoms with Gasteiger partial charge >= 0.3 is 6.09 Å². The number of nitrogens with one attached hydrogen (secondary N) is 4. The van der Waals surface area contributed by atoms with Gasteiger partial charge in [0.25, 0.3) is 5.91 Å². The van der Waals surface area contributed by atoms with Crippen molar-refractivity contribution in [3.8, 4) is 11.1 Å². The zero-order valence-corrected chi connectivity index (χ0v) is 21.2. The first-order valence-corrected chi connectivity index (χ1v) is 13.3. The van der Waals surface area contributed by atoms with Crippen molar-refractivity contribution in [2.45, 2.75) is 23.5 Å². The fraction of sp³-hybridized carbons (Fsp3) is 0.192. The lowest BCUT2D eigenvalue weighted by Crippen LogP contribution is -2.57. The normalized spacial score (nSPS) is 14.8. The van der Waals surface area contributed by atoms with E-state index in [1.165, 1.54) is 12.1 Å². The molecule has 0 aromatic heterocycles. The molecule has 1 heterocycles. The summed E-state index contributed by atoms with van der Waals surface area (Å²) < 4.78 is 29.6. The topological polar surface area (TPSA) is 189 Å². The quantitative estimate of drug-likeness (QED) is 0.152. The second-order valence-corrected chi connectivity index (χ2v) is 10.4. The first-order valence-electron chi connectivity index (χ1n) is 11.8. The molecule has 12 heteroatoms. The minimum atomic E-state index is -3.92. The number of nitrogens with two attached hydrogens (primary N) is 2. The van der Waals surface area contributed by atoms with E-state index >= 15 is 0 Å². The van der Waals surface area contributed by atoms with Gasteiger partial charge in [0.15, 0.2) is 5.72 Å². The number of piperidine rings is 1. The van der Waals surface area contributed by atoms with Crippen LogP contribution in [0.5, 0.6) is 0 Å². The Hall–Kier alpha value is -4.26. The van der Waals surface area contributed by atoms with Crippen LogP contribution < -0.4 is 26.8 Å². The molecule has 1 fully saturated rings. The Morgan fingerprint density at radius 1 is 0.947 bits per heavy atom. The Bertz CT molecular complexity index is 1470. The average Bonchev–Trinajstić information content (AvgIpc) is 2.89. The Kier molecular flexibility index (Phi) is 7.76. The summed E-state index contributed by atoms with van der Waals surface area (Å²) in [4.78, 5) is 25.8. The van der Waals surface area contributed by atoms with Gasteiger partial charge in [-0.15, -0.1) is 0 Å². The minimum absolute atomic E-state index is 0.00227. The van der Waals surface area contributed by atoms with Crippen LogP contribution in [-0.4, -0.2) is 45.1 Å². The molecule has 3 aromatic carbocycles. The number of amidine groups is 1. The molecular weight excluding hydrogens is 508 g/mol. The van der Waals surface area contributed by atoms with Gasteiger partial charge in [0.2, 0.25) is 10.0 Å². The SMILES string of the molecule is N=C(N)c1cccc(C(=O)NC2(OC(=O)Nc3ccc(-c4ccccc4S(N)(=O)=O)cc3)CCNCC2)c1. The molecule has 8 N–H and O–H groups in total. The van der Waals surface area contributed by atoms with Crippen LogP contribution in [0.2, 0.25) is 0 Å². The maximum atomic E-state index is 13.0. The Labute approximate surface area is 220 Å². The van der Waals surface area contributed by atoms with Gasteiger partial charge in [-0.1, -0.05) is 42.5 Å². The van der Waals surface area contributed by atoms with Crippen molar-refractivity contribution in [3.05, 3.63) is 83.9 Å². The van der Waals surface area contributed by atoms with E-state index in [-0.39, 0.29) is 16.3 Å². The van der Waals surface area contributed by atoms with Gasteiger partial charge in [-0.05, 0) is 35.9 Å². The molecule has 1 aliphatic heterocycles. The van der Waals surface area contributed by atoms with E-state index in [0.29, 0.717) is 48.3 Å². The van der Waals surface area contributed by atoms with Gasteiger partial charge in [-0.25, -0.2) is 18.4 Å². The molecule has 1 aliphatic rings. The van der Waals surface area contributed by atoms with Gasteiger partial charge in [0, 0.05) is 48.3 Å². The van der Waals surface area contributed by atoms with Crippen LogP contribution in [0.3, 0.4) is 0 Å². The monoisotopic (exact) mass is 536 g/mol. The first-order chi connectivity index (χ1) is 18.1. The number of anilines is 1. The van der Waals surface area contributed by atoms with Crippen molar-refractivity contribution in [1.29, 1.82) is 5.41 Å². The standard InChI is InChI=1S/C26H28N6O5S/c27-23(28)18-4-3-5-19(16-18)24(33)32-26(12-14-30-15-13-26)37-25(34)31-20-10-8-17(9-11-20)21-6-1-2-7-22(21)38(29,35)36/h1-11,16,30H,12-15H2,(H3,27,28)(H,31,34)(H,32,33)(H2,29,35,36). The van der Waals surface area contributed by atoms with Crippen LogP contribution in [0, 0.1) is 5.41 Å². The highest BCUT2D eigenvalue weighted by molar-refractivity contribution is 7.89. The van der Waals surface area contributed by atoms with Crippen LogP contribution in [0.4, 0.5) is 10.5 Å². The summed E-state index contributed by atoms with van der Waals surface area (Å²) in [6.07, 6.45) is -0.0636. The van der Waals surface area contributed by atoms with Crippen molar-refractivity contribution < 1.29 is 22.7 Å². The van der Waals surface area contributed by atoms with E-state index in [0.717, 1.165) is 0 Å². The lowest BCUT2D eigenvalue weighted by Gasteiger charge is -2.37. The van der Waals surface area contributed by atoms with E-state index in [1.807, 2.05) is 0 Å². The van der Waals surface area contributed by atoms with Crippen LogP contribution in [0.1, 0.15) is 28.8 Å². The van der Waals surface area contributed by atoms with Gasteiger partial charge in [-0.2, -0.15) is 0 Å². The van der Waals surface area contributed by atoms with E-state index in [4.69, 9.17) is 21.0 Å². The van der Waals surface area contributed by atoms with E-state index in [2.05, 4.69) is 16.0 Å². The van der Waals surface area contributed by atoms with E-state index in [9.17, 15) is 18.0 Å². The molecule has 0 bridgehead atoms. The molecule has 11 nitrogen and oxygen atoms in total. The highest BCUT2D eigenvalue weighted by atomic mass is 32.2. The van der Waals surface area contributed by atoms with Crippen molar-refractivity contribution in [2.75, 3.05) is 18.4 Å². The number of hydrogen-bond acceptors (Lipinski definition) is 7. The van der Waals surface area contributed by atoms with Crippen LogP contribution in [0.25, 0.3) is 11.1 Å². The number of ether oxygens (including phenoxy) is 1. The summed E-state index contributed by atoms with van der Waals surface area (Å²) in [5.41, 5.74) is 6.44. The zero-order chi connectivity index (χ0) is 27.3. The molecule has 0 unspecified atom stereocenters. The van der Waals surface area contributed by atoms with E-state index in [1.54, 1.807) is 60.7 Å². The highest BCUT2D eigenvalue weighted by Crippen LogP contribution is 2.28. The van der Waals surface area contributed by atoms with Crippen LogP contribution in [0.15, 0.2) is 77.7 Å². The van der Waals surface area contributed by atoms with Gasteiger partial charge < -0.3 is 21.1 Å². The zero-order valence-electron chi connectivity index (χ0n) is 20.4. The summed E-state index contributed by atoms with van der Waals surface area (Å²) in [7, 11) is -3.92. The molecular formula is C26H28N6O5S. The number of rotatable bonds is 7. The van der Waals surface area contributed by atoms with Crippen molar-refractivity contribution in [1.82, 2.24) is 10.6 Å². The molecule has 0 atom stereocenters. The van der Waals surface area contributed by atoms with Crippen molar-refractivity contribution in [3.63, 3.8) is 0 Å². The fourth-order valence-electron chi connectivity index (χ4n) is 4.20. The summed E-state index contributed by atoms with van der Waals surface area (Å²) in [5.74, 6) is -0.619. The number of sulfonamides is 1. The number of carbonyl (C=O) groups is 2.